The van der Waals surface area contributed by atoms with Gasteiger partial charge in [0.2, 0.25) is 5.91 Å². The highest BCUT2D eigenvalue weighted by atomic mass is 16.3. The van der Waals surface area contributed by atoms with Crippen LogP contribution in [0, 0.1) is 0 Å². The van der Waals surface area contributed by atoms with Gasteiger partial charge in [0.05, 0.1) is 12.8 Å². The lowest BCUT2D eigenvalue weighted by Gasteiger charge is -2.22. The third-order valence-corrected chi connectivity index (χ3v) is 5.16. The number of amides is 6. The van der Waals surface area contributed by atoms with Gasteiger partial charge in [-0.1, -0.05) is 60.7 Å². The van der Waals surface area contributed by atoms with E-state index in [0.29, 0.717) is 11.3 Å². The molecule has 1 atom stereocenters. The SMILES string of the molecule is O=C(CN1C(=O)C(c2ccccc2)N(Cc2ccccc2)C1=O)NC(=O)NCc1ccco1. The Morgan fingerprint density at radius 1 is 0.909 bits per heavy atom. The molecule has 1 unspecified atom stereocenters. The van der Waals surface area contributed by atoms with E-state index in [1.54, 1.807) is 36.4 Å². The molecule has 4 rings (SSSR count). The number of urea groups is 2. The molecule has 2 N–H and O–H groups in total. The smallest absolute Gasteiger partial charge is 0.328 e. The topological polar surface area (TPSA) is 112 Å². The zero-order chi connectivity index (χ0) is 23.2. The summed E-state index contributed by atoms with van der Waals surface area (Å²) in [4.78, 5) is 53.0. The van der Waals surface area contributed by atoms with Crippen molar-refractivity contribution in [3.8, 4) is 0 Å². The Hall–Kier alpha value is -4.40. The van der Waals surface area contributed by atoms with Crippen molar-refractivity contribution in [3.63, 3.8) is 0 Å². The van der Waals surface area contributed by atoms with E-state index in [-0.39, 0.29) is 13.1 Å². The highest BCUT2D eigenvalue weighted by Gasteiger charge is 2.46. The number of imide groups is 2. The number of carbonyl (C=O) groups is 4. The number of nitrogens with zero attached hydrogens (tertiary/aromatic N) is 2. The number of benzene rings is 2. The summed E-state index contributed by atoms with van der Waals surface area (Å²) in [7, 11) is 0. The summed E-state index contributed by atoms with van der Waals surface area (Å²) in [5.74, 6) is -0.778. The van der Waals surface area contributed by atoms with Crippen molar-refractivity contribution in [2.75, 3.05) is 6.54 Å². The van der Waals surface area contributed by atoms with Crippen LogP contribution in [0.5, 0.6) is 0 Å². The lowest BCUT2D eigenvalue weighted by molar-refractivity contribution is -0.132. The molecule has 1 fully saturated rings. The fraction of sp³-hybridized carbons (Fsp3) is 0.167. The maximum Gasteiger partial charge on any atom is 0.328 e. The molecule has 0 saturated carbocycles. The van der Waals surface area contributed by atoms with E-state index < -0.39 is 36.5 Å². The molecule has 1 aliphatic heterocycles. The molecule has 6 amide bonds. The number of rotatable bonds is 7. The maximum atomic E-state index is 13.2. The van der Waals surface area contributed by atoms with Gasteiger partial charge in [-0.05, 0) is 23.3 Å². The van der Waals surface area contributed by atoms with Crippen LogP contribution in [-0.2, 0) is 22.7 Å². The summed E-state index contributed by atoms with van der Waals surface area (Å²) in [6.07, 6.45) is 1.47. The Morgan fingerprint density at radius 2 is 1.61 bits per heavy atom. The van der Waals surface area contributed by atoms with Gasteiger partial charge in [-0.15, -0.1) is 0 Å². The molecule has 9 heteroatoms. The summed E-state index contributed by atoms with van der Waals surface area (Å²) < 4.78 is 5.11. The second kappa shape index (κ2) is 9.82. The summed E-state index contributed by atoms with van der Waals surface area (Å²) in [6, 6.07) is 19.3. The first kappa shape index (κ1) is 21.8. The van der Waals surface area contributed by atoms with Crippen molar-refractivity contribution < 1.29 is 23.6 Å². The van der Waals surface area contributed by atoms with Crippen molar-refractivity contribution in [2.45, 2.75) is 19.1 Å². The second-order valence-corrected chi connectivity index (χ2v) is 7.44. The summed E-state index contributed by atoms with van der Waals surface area (Å²) >= 11 is 0. The minimum atomic E-state index is -0.862. The van der Waals surface area contributed by atoms with E-state index in [2.05, 4.69) is 10.6 Å². The van der Waals surface area contributed by atoms with Gasteiger partial charge in [0, 0.05) is 6.54 Å². The van der Waals surface area contributed by atoms with Gasteiger partial charge in [-0.3, -0.25) is 19.8 Å². The normalized spacial score (nSPS) is 15.6. The van der Waals surface area contributed by atoms with Gasteiger partial charge in [0.15, 0.2) is 0 Å². The van der Waals surface area contributed by atoms with Gasteiger partial charge in [-0.2, -0.15) is 0 Å². The van der Waals surface area contributed by atoms with Crippen molar-refractivity contribution in [3.05, 3.63) is 95.9 Å². The van der Waals surface area contributed by atoms with E-state index in [1.807, 2.05) is 36.4 Å². The first-order valence-electron chi connectivity index (χ1n) is 10.3. The van der Waals surface area contributed by atoms with Gasteiger partial charge >= 0.3 is 12.1 Å². The molecule has 168 valence electrons. The minimum Gasteiger partial charge on any atom is -0.467 e. The van der Waals surface area contributed by atoms with E-state index in [1.165, 1.54) is 11.2 Å². The fourth-order valence-corrected chi connectivity index (χ4v) is 3.62. The molecule has 1 aromatic heterocycles. The molecule has 2 heterocycles. The van der Waals surface area contributed by atoms with Crippen LogP contribution in [0.2, 0.25) is 0 Å². The second-order valence-electron chi connectivity index (χ2n) is 7.44. The molecule has 3 aromatic rings. The van der Waals surface area contributed by atoms with E-state index in [0.717, 1.165) is 10.5 Å². The van der Waals surface area contributed by atoms with Crippen LogP contribution in [0.15, 0.2) is 83.5 Å². The Kier molecular flexibility index (Phi) is 6.49. The number of hydrogen-bond acceptors (Lipinski definition) is 5. The van der Waals surface area contributed by atoms with Crippen molar-refractivity contribution in [1.82, 2.24) is 20.4 Å². The lowest BCUT2D eigenvalue weighted by atomic mass is 10.1. The molecular weight excluding hydrogens is 424 g/mol. The first-order valence-corrected chi connectivity index (χ1v) is 10.3. The molecular formula is C24H22N4O5. The zero-order valence-corrected chi connectivity index (χ0v) is 17.6. The maximum absolute atomic E-state index is 13.2. The standard InChI is InChI=1S/C24H22N4O5/c29-20(26-23(31)25-14-19-12-7-13-33-19)16-28-22(30)21(18-10-5-2-6-11-18)27(24(28)32)15-17-8-3-1-4-9-17/h1-13,21H,14-16H2,(H2,25,26,29,31). The van der Waals surface area contributed by atoms with Crippen LogP contribution >= 0.6 is 0 Å². The zero-order valence-electron chi connectivity index (χ0n) is 17.6. The monoisotopic (exact) mass is 446 g/mol. The van der Waals surface area contributed by atoms with Gasteiger partial charge in [-0.25, -0.2) is 9.59 Å². The molecule has 0 bridgehead atoms. The van der Waals surface area contributed by atoms with Gasteiger partial charge in [0.25, 0.3) is 5.91 Å². The van der Waals surface area contributed by atoms with Crippen LogP contribution in [0.25, 0.3) is 0 Å². The predicted octanol–water partition coefficient (Wildman–Crippen LogP) is 2.81. The van der Waals surface area contributed by atoms with E-state index in [9.17, 15) is 19.2 Å². The van der Waals surface area contributed by atoms with Crippen LogP contribution in [-0.4, -0.2) is 40.2 Å². The quantitative estimate of drug-likeness (QED) is 0.542. The van der Waals surface area contributed by atoms with Gasteiger partial charge in [0.1, 0.15) is 18.3 Å². The third-order valence-electron chi connectivity index (χ3n) is 5.16. The number of carbonyl (C=O) groups excluding carboxylic acids is 4. The average Bonchev–Trinajstić information content (AvgIpc) is 3.42. The summed E-state index contributed by atoms with van der Waals surface area (Å²) in [6.45, 7) is -0.276. The van der Waals surface area contributed by atoms with Crippen LogP contribution in [0.1, 0.15) is 22.9 Å². The molecule has 33 heavy (non-hydrogen) atoms. The lowest BCUT2D eigenvalue weighted by Crippen LogP contribution is -2.46. The Morgan fingerprint density at radius 3 is 2.27 bits per heavy atom. The molecule has 2 aromatic carbocycles. The van der Waals surface area contributed by atoms with Crippen molar-refractivity contribution in [2.24, 2.45) is 0 Å². The molecule has 0 aliphatic carbocycles. The molecule has 0 radical (unpaired) electrons. The largest absolute Gasteiger partial charge is 0.467 e. The average molecular weight is 446 g/mol. The van der Waals surface area contributed by atoms with Crippen LogP contribution in [0.4, 0.5) is 9.59 Å². The summed E-state index contributed by atoms with van der Waals surface area (Å²) in [5, 5.41) is 4.61. The fourth-order valence-electron chi connectivity index (χ4n) is 3.62. The highest BCUT2D eigenvalue weighted by molar-refractivity contribution is 6.08. The molecule has 1 aliphatic rings. The summed E-state index contributed by atoms with van der Waals surface area (Å²) in [5.41, 5.74) is 1.49. The van der Waals surface area contributed by atoms with Crippen molar-refractivity contribution >= 4 is 23.9 Å². The Labute approximate surface area is 190 Å². The highest BCUT2D eigenvalue weighted by Crippen LogP contribution is 2.32. The predicted molar refractivity (Wildman–Crippen MR) is 117 cm³/mol. The first-order chi connectivity index (χ1) is 16.0. The van der Waals surface area contributed by atoms with Crippen molar-refractivity contribution in [1.29, 1.82) is 0 Å². The number of furan rings is 1. The van der Waals surface area contributed by atoms with Gasteiger partial charge < -0.3 is 14.6 Å². The molecule has 1 saturated heterocycles. The Balaban J connectivity index is 1.46. The van der Waals surface area contributed by atoms with Crippen LogP contribution < -0.4 is 10.6 Å². The molecule has 9 nitrogen and oxygen atoms in total. The third kappa shape index (κ3) is 5.09. The van der Waals surface area contributed by atoms with E-state index >= 15 is 0 Å². The number of nitrogens with one attached hydrogen (secondary N) is 2. The molecule has 0 spiro atoms. The number of hydrogen-bond donors (Lipinski definition) is 2. The van der Waals surface area contributed by atoms with Crippen LogP contribution in [0.3, 0.4) is 0 Å². The Bertz CT molecular complexity index is 1130. The minimum absolute atomic E-state index is 0.0919. The van der Waals surface area contributed by atoms with E-state index in [4.69, 9.17) is 4.42 Å².